The zero-order valence-corrected chi connectivity index (χ0v) is 12.4. The first-order valence-electron chi connectivity index (χ1n) is 6.10. The molecule has 4 heteroatoms. The van der Waals surface area contributed by atoms with Crippen LogP contribution in [0.2, 0.25) is 0 Å². The second-order valence-corrected chi connectivity index (χ2v) is 7.23. The molecule has 2 rings (SSSR count). The van der Waals surface area contributed by atoms with Gasteiger partial charge >= 0.3 is 0 Å². The van der Waals surface area contributed by atoms with E-state index in [9.17, 15) is 4.79 Å². The van der Waals surface area contributed by atoms with Crippen molar-refractivity contribution in [2.45, 2.75) is 24.5 Å². The molecule has 0 saturated carbocycles. The number of rotatable bonds is 2. The summed E-state index contributed by atoms with van der Waals surface area (Å²) in [4.78, 5) is 14.3. The van der Waals surface area contributed by atoms with Crippen LogP contribution in [0.25, 0.3) is 0 Å². The van der Waals surface area contributed by atoms with Gasteiger partial charge in [0.15, 0.2) is 0 Å². The van der Waals surface area contributed by atoms with Crippen LogP contribution in [0.5, 0.6) is 0 Å². The van der Waals surface area contributed by atoms with Crippen LogP contribution < -0.4 is 0 Å². The number of halogens is 1. The van der Waals surface area contributed by atoms with E-state index in [0.29, 0.717) is 5.88 Å². The highest BCUT2D eigenvalue weighted by Crippen LogP contribution is 2.30. The minimum absolute atomic E-state index is 0.129. The SMILES string of the molecule is CC1(C)CN(C(=O)c2ccc(CCl)cc2)CCS1. The molecule has 1 saturated heterocycles. The Labute approximate surface area is 118 Å². The average Bonchev–Trinajstić information content (AvgIpc) is 2.37. The van der Waals surface area contributed by atoms with Crippen molar-refractivity contribution < 1.29 is 4.79 Å². The van der Waals surface area contributed by atoms with E-state index in [2.05, 4.69) is 13.8 Å². The fourth-order valence-corrected chi connectivity index (χ4v) is 3.40. The summed E-state index contributed by atoms with van der Waals surface area (Å²) in [6.07, 6.45) is 0. The highest BCUT2D eigenvalue weighted by Gasteiger charge is 2.30. The lowest BCUT2D eigenvalue weighted by Gasteiger charge is -2.37. The maximum absolute atomic E-state index is 12.4. The van der Waals surface area contributed by atoms with E-state index in [1.54, 1.807) is 0 Å². The highest BCUT2D eigenvalue weighted by atomic mass is 35.5. The summed E-state index contributed by atoms with van der Waals surface area (Å²) < 4.78 is 0.157. The molecule has 1 aromatic rings. The van der Waals surface area contributed by atoms with Gasteiger partial charge in [-0.25, -0.2) is 0 Å². The van der Waals surface area contributed by atoms with Crippen molar-refractivity contribution in [1.29, 1.82) is 0 Å². The number of thioether (sulfide) groups is 1. The molecule has 98 valence electrons. The molecule has 0 unspecified atom stereocenters. The first kappa shape index (κ1) is 13.8. The lowest BCUT2D eigenvalue weighted by atomic mass is 10.1. The van der Waals surface area contributed by atoms with Crippen LogP contribution in [-0.4, -0.2) is 34.4 Å². The van der Waals surface area contributed by atoms with Gasteiger partial charge in [0.05, 0.1) is 0 Å². The fraction of sp³-hybridized carbons (Fsp3) is 0.500. The van der Waals surface area contributed by atoms with Gasteiger partial charge in [0.25, 0.3) is 5.91 Å². The molecule has 0 bridgehead atoms. The van der Waals surface area contributed by atoms with Crippen LogP contribution in [0.4, 0.5) is 0 Å². The molecule has 1 fully saturated rings. The van der Waals surface area contributed by atoms with E-state index in [1.807, 2.05) is 40.9 Å². The van der Waals surface area contributed by atoms with E-state index in [-0.39, 0.29) is 10.7 Å². The van der Waals surface area contributed by atoms with Gasteiger partial charge in [0, 0.05) is 35.0 Å². The molecule has 1 amide bonds. The Balaban J connectivity index is 2.10. The number of benzene rings is 1. The quantitative estimate of drug-likeness (QED) is 0.776. The molecule has 0 aromatic heterocycles. The van der Waals surface area contributed by atoms with Crippen molar-refractivity contribution in [3.63, 3.8) is 0 Å². The number of alkyl halides is 1. The van der Waals surface area contributed by atoms with Crippen molar-refractivity contribution in [3.8, 4) is 0 Å². The number of carbonyl (C=O) groups excluding carboxylic acids is 1. The summed E-state index contributed by atoms with van der Waals surface area (Å²) in [5.74, 6) is 1.63. The van der Waals surface area contributed by atoms with Gasteiger partial charge in [-0.15, -0.1) is 11.6 Å². The summed E-state index contributed by atoms with van der Waals surface area (Å²) in [7, 11) is 0. The molecule has 0 radical (unpaired) electrons. The second kappa shape index (κ2) is 5.54. The Morgan fingerprint density at radius 3 is 2.61 bits per heavy atom. The third-order valence-electron chi connectivity index (χ3n) is 3.07. The van der Waals surface area contributed by atoms with E-state index in [4.69, 9.17) is 11.6 Å². The third kappa shape index (κ3) is 3.21. The van der Waals surface area contributed by atoms with Gasteiger partial charge in [-0.1, -0.05) is 12.1 Å². The number of hydrogen-bond acceptors (Lipinski definition) is 2. The minimum atomic E-state index is 0.129. The van der Waals surface area contributed by atoms with Crippen LogP contribution >= 0.6 is 23.4 Å². The molecule has 2 nitrogen and oxygen atoms in total. The van der Waals surface area contributed by atoms with E-state index >= 15 is 0 Å². The topological polar surface area (TPSA) is 20.3 Å². The Morgan fingerprint density at radius 1 is 1.39 bits per heavy atom. The molecule has 0 spiro atoms. The summed E-state index contributed by atoms with van der Waals surface area (Å²) in [6.45, 7) is 6.03. The highest BCUT2D eigenvalue weighted by molar-refractivity contribution is 8.00. The predicted molar refractivity (Wildman–Crippen MR) is 78.4 cm³/mol. The third-order valence-corrected chi connectivity index (χ3v) is 4.67. The molecule has 18 heavy (non-hydrogen) atoms. The number of hydrogen-bond donors (Lipinski definition) is 0. The largest absolute Gasteiger partial charge is 0.336 e. The summed E-state index contributed by atoms with van der Waals surface area (Å²) in [5.41, 5.74) is 1.80. The first-order chi connectivity index (χ1) is 8.52. The predicted octanol–water partition coefficient (Wildman–Crippen LogP) is 3.39. The average molecular weight is 284 g/mol. The molecule has 1 aliphatic rings. The van der Waals surface area contributed by atoms with E-state index in [1.165, 1.54) is 0 Å². The van der Waals surface area contributed by atoms with Gasteiger partial charge in [0.2, 0.25) is 0 Å². The molecular formula is C14H18ClNOS. The van der Waals surface area contributed by atoms with Crippen LogP contribution in [0.15, 0.2) is 24.3 Å². The minimum Gasteiger partial charge on any atom is -0.336 e. The first-order valence-corrected chi connectivity index (χ1v) is 7.62. The molecule has 0 aliphatic carbocycles. The van der Waals surface area contributed by atoms with Gasteiger partial charge in [-0.05, 0) is 31.5 Å². The Morgan fingerprint density at radius 2 is 2.06 bits per heavy atom. The summed E-state index contributed by atoms with van der Waals surface area (Å²) in [5, 5.41) is 0. The smallest absolute Gasteiger partial charge is 0.253 e. The Kier molecular flexibility index (Phi) is 4.23. The summed E-state index contributed by atoms with van der Waals surface area (Å²) in [6, 6.07) is 7.58. The van der Waals surface area contributed by atoms with E-state index in [0.717, 1.165) is 30.0 Å². The van der Waals surface area contributed by atoms with E-state index < -0.39 is 0 Å². The molecule has 1 aliphatic heterocycles. The Bertz CT molecular complexity index is 430. The van der Waals surface area contributed by atoms with Crippen molar-refractivity contribution in [2.24, 2.45) is 0 Å². The Hall–Kier alpha value is -0.670. The maximum atomic E-state index is 12.4. The standard InChI is InChI=1S/C14H18ClNOS/c1-14(2)10-16(7-8-18-14)13(17)12-5-3-11(9-15)4-6-12/h3-6H,7-10H2,1-2H3. The second-order valence-electron chi connectivity index (χ2n) is 5.17. The van der Waals surface area contributed by atoms with Gasteiger partial charge < -0.3 is 4.90 Å². The molecule has 1 aromatic carbocycles. The number of nitrogens with zero attached hydrogens (tertiary/aromatic N) is 1. The van der Waals surface area contributed by atoms with Gasteiger partial charge in [-0.2, -0.15) is 11.8 Å². The lowest BCUT2D eigenvalue weighted by Crippen LogP contribution is -2.46. The summed E-state index contributed by atoms with van der Waals surface area (Å²) >= 11 is 7.68. The molecule has 0 N–H and O–H groups in total. The zero-order chi connectivity index (χ0) is 13.2. The zero-order valence-electron chi connectivity index (χ0n) is 10.8. The molecular weight excluding hydrogens is 266 g/mol. The van der Waals surface area contributed by atoms with Crippen LogP contribution in [-0.2, 0) is 5.88 Å². The maximum Gasteiger partial charge on any atom is 0.253 e. The number of carbonyl (C=O) groups is 1. The van der Waals surface area contributed by atoms with Gasteiger partial charge in [0.1, 0.15) is 0 Å². The van der Waals surface area contributed by atoms with Crippen molar-refractivity contribution in [3.05, 3.63) is 35.4 Å². The normalized spacial score (nSPS) is 18.7. The monoisotopic (exact) mass is 283 g/mol. The lowest BCUT2D eigenvalue weighted by molar-refractivity contribution is 0.0748. The van der Waals surface area contributed by atoms with Crippen LogP contribution in [0.1, 0.15) is 29.8 Å². The van der Waals surface area contributed by atoms with Crippen molar-refractivity contribution in [1.82, 2.24) is 4.90 Å². The molecule has 1 heterocycles. The van der Waals surface area contributed by atoms with Crippen molar-refractivity contribution in [2.75, 3.05) is 18.8 Å². The number of amides is 1. The van der Waals surface area contributed by atoms with Gasteiger partial charge in [-0.3, -0.25) is 4.79 Å². The van der Waals surface area contributed by atoms with Crippen LogP contribution in [0, 0.1) is 0 Å². The molecule has 0 atom stereocenters. The van der Waals surface area contributed by atoms with Crippen molar-refractivity contribution >= 4 is 29.3 Å². The fourth-order valence-electron chi connectivity index (χ4n) is 2.11. The van der Waals surface area contributed by atoms with Crippen LogP contribution in [0.3, 0.4) is 0 Å².